The molecule has 2 heterocycles. The van der Waals surface area contributed by atoms with Crippen LogP contribution < -0.4 is 5.32 Å². The minimum atomic E-state index is -0.428. The van der Waals surface area contributed by atoms with E-state index in [1.807, 2.05) is 16.8 Å². The van der Waals surface area contributed by atoms with Crippen LogP contribution in [0.4, 0.5) is 10.1 Å². The number of carbonyl (C=O) groups excluding carboxylic acids is 1. The summed E-state index contributed by atoms with van der Waals surface area (Å²) in [4.78, 5) is 15.8. The summed E-state index contributed by atoms with van der Waals surface area (Å²) in [5, 5.41) is 12.9. The van der Waals surface area contributed by atoms with E-state index < -0.39 is 5.82 Å². The van der Waals surface area contributed by atoms with Gasteiger partial charge in [-0.3, -0.25) is 9.89 Å². The first-order chi connectivity index (χ1) is 10.2. The van der Waals surface area contributed by atoms with Crippen LogP contribution in [0.1, 0.15) is 5.56 Å². The maximum Gasteiger partial charge on any atom is 0.228 e. The van der Waals surface area contributed by atoms with Crippen LogP contribution in [0.15, 0.2) is 41.4 Å². The molecule has 3 rings (SSSR count). The number of H-pyrrole nitrogens is 1. The summed E-state index contributed by atoms with van der Waals surface area (Å²) in [6, 6.07) is 6.23. The van der Waals surface area contributed by atoms with Crippen molar-refractivity contribution < 1.29 is 9.18 Å². The van der Waals surface area contributed by atoms with Crippen LogP contribution in [0.25, 0.3) is 11.4 Å². The number of aromatic amines is 1. The van der Waals surface area contributed by atoms with Gasteiger partial charge in [0, 0.05) is 5.69 Å². The summed E-state index contributed by atoms with van der Waals surface area (Å²) in [5.74, 6) is -0.257. The van der Waals surface area contributed by atoms with Gasteiger partial charge in [0.15, 0.2) is 5.82 Å². The Kier molecular flexibility index (Phi) is 3.74. The Hall–Kier alpha value is -2.54. The number of rotatable bonds is 4. The first-order valence-electron chi connectivity index (χ1n) is 6.18. The van der Waals surface area contributed by atoms with Crippen LogP contribution in [0, 0.1) is 5.82 Å². The molecule has 0 bridgehead atoms. The Morgan fingerprint density at radius 1 is 1.38 bits per heavy atom. The maximum absolute atomic E-state index is 13.8. The Morgan fingerprint density at radius 2 is 2.29 bits per heavy atom. The molecule has 0 fully saturated rings. The summed E-state index contributed by atoms with van der Waals surface area (Å²) >= 11 is 1.54. The van der Waals surface area contributed by atoms with Crippen LogP contribution >= 0.6 is 11.3 Å². The molecule has 0 radical (unpaired) electrons. The van der Waals surface area contributed by atoms with Gasteiger partial charge >= 0.3 is 0 Å². The van der Waals surface area contributed by atoms with Crippen molar-refractivity contribution in [3.63, 3.8) is 0 Å². The topological polar surface area (TPSA) is 70.7 Å². The zero-order valence-electron chi connectivity index (χ0n) is 10.8. The molecule has 3 aromatic rings. The molecule has 106 valence electrons. The molecule has 0 atom stereocenters. The molecule has 0 saturated heterocycles. The van der Waals surface area contributed by atoms with Crippen molar-refractivity contribution >= 4 is 22.9 Å². The Morgan fingerprint density at radius 3 is 3.00 bits per heavy atom. The standard InChI is InChI=1S/C14H11FN4OS/c15-12-2-1-10(6-11(12)14-16-8-17-19-14)18-13(20)5-9-3-4-21-7-9/h1-4,6-8H,5H2,(H,18,20)(H,16,17,19). The molecule has 2 aromatic heterocycles. The van der Waals surface area contributed by atoms with Gasteiger partial charge in [0.25, 0.3) is 0 Å². The highest BCUT2D eigenvalue weighted by atomic mass is 32.1. The number of halogens is 1. The fourth-order valence-electron chi connectivity index (χ4n) is 1.90. The number of nitrogens with one attached hydrogen (secondary N) is 2. The van der Waals surface area contributed by atoms with Crippen molar-refractivity contribution in [1.82, 2.24) is 15.2 Å². The van der Waals surface area contributed by atoms with E-state index in [1.165, 1.54) is 24.5 Å². The second-order valence-electron chi connectivity index (χ2n) is 4.39. The molecule has 0 spiro atoms. The molecule has 1 aromatic carbocycles. The van der Waals surface area contributed by atoms with Gasteiger partial charge in [-0.2, -0.15) is 16.4 Å². The average molecular weight is 302 g/mol. The SMILES string of the molecule is O=C(Cc1ccsc1)Nc1ccc(F)c(-c2ncn[nH]2)c1. The quantitative estimate of drug-likeness (QED) is 0.778. The van der Waals surface area contributed by atoms with Crippen molar-refractivity contribution in [2.24, 2.45) is 0 Å². The monoisotopic (exact) mass is 302 g/mol. The number of nitrogens with zero attached hydrogens (tertiary/aromatic N) is 2. The zero-order valence-corrected chi connectivity index (χ0v) is 11.7. The third-order valence-corrected chi connectivity index (χ3v) is 3.60. The Bertz CT molecular complexity index is 740. The normalized spacial score (nSPS) is 10.5. The molecule has 7 heteroatoms. The molecule has 0 aliphatic rings. The molecule has 5 nitrogen and oxygen atoms in total. The molecule has 0 unspecified atom stereocenters. The second kappa shape index (κ2) is 5.84. The molecule has 0 aliphatic carbocycles. The number of aromatic nitrogens is 3. The summed E-state index contributed by atoms with van der Waals surface area (Å²) < 4.78 is 13.8. The molecule has 0 saturated carbocycles. The van der Waals surface area contributed by atoms with Crippen molar-refractivity contribution in [3.05, 3.63) is 52.7 Å². The third-order valence-electron chi connectivity index (χ3n) is 2.87. The second-order valence-corrected chi connectivity index (χ2v) is 5.17. The van der Waals surface area contributed by atoms with E-state index in [-0.39, 0.29) is 11.5 Å². The third kappa shape index (κ3) is 3.14. The lowest BCUT2D eigenvalue weighted by Crippen LogP contribution is -2.14. The molecule has 2 N–H and O–H groups in total. The lowest BCUT2D eigenvalue weighted by molar-refractivity contribution is -0.115. The highest BCUT2D eigenvalue weighted by Crippen LogP contribution is 2.22. The van der Waals surface area contributed by atoms with E-state index in [1.54, 1.807) is 11.3 Å². The minimum absolute atomic E-state index is 0.150. The fraction of sp³-hybridized carbons (Fsp3) is 0.0714. The summed E-state index contributed by atoms with van der Waals surface area (Å²) in [6.45, 7) is 0. The maximum atomic E-state index is 13.8. The highest BCUT2D eigenvalue weighted by molar-refractivity contribution is 7.08. The van der Waals surface area contributed by atoms with Gasteiger partial charge in [-0.1, -0.05) is 0 Å². The molecule has 21 heavy (non-hydrogen) atoms. The Balaban J connectivity index is 1.77. The molecular weight excluding hydrogens is 291 g/mol. The smallest absolute Gasteiger partial charge is 0.228 e. The number of carbonyl (C=O) groups is 1. The first kappa shape index (κ1) is 13.4. The van der Waals surface area contributed by atoms with Crippen molar-refractivity contribution in [3.8, 4) is 11.4 Å². The van der Waals surface area contributed by atoms with Gasteiger partial charge in [-0.05, 0) is 40.6 Å². The predicted octanol–water partition coefficient (Wildman–Crippen LogP) is 2.85. The summed E-state index contributed by atoms with van der Waals surface area (Å²) in [7, 11) is 0. The summed E-state index contributed by atoms with van der Waals surface area (Å²) in [6.07, 6.45) is 1.59. The lowest BCUT2D eigenvalue weighted by Gasteiger charge is -2.07. The van der Waals surface area contributed by atoms with E-state index >= 15 is 0 Å². The number of thiophene rings is 1. The first-order valence-corrected chi connectivity index (χ1v) is 7.13. The average Bonchev–Trinajstić information content (AvgIpc) is 3.13. The number of amides is 1. The van der Waals surface area contributed by atoms with Gasteiger partial charge in [-0.25, -0.2) is 9.37 Å². The van der Waals surface area contributed by atoms with E-state index in [2.05, 4.69) is 20.5 Å². The van der Waals surface area contributed by atoms with E-state index in [0.717, 1.165) is 5.56 Å². The Labute approximate surface area is 123 Å². The number of anilines is 1. The van der Waals surface area contributed by atoms with Crippen LogP contribution in [-0.4, -0.2) is 21.1 Å². The largest absolute Gasteiger partial charge is 0.326 e. The highest BCUT2D eigenvalue weighted by Gasteiger charge is 2.11. The molecular formula is C14H11FN4OS. The van der Waals surface area contributed by atoms with Gasteiger partial charge in [0.1, 0.15) is 12.1 Å². The van der Waals surface area contributed by atoms with E-state index in [9.17, 15) is 9.18 Å². The summed E-state index contributed by atoms with van der Waals surface area (Å²) in [5.41, 5.74) is 1.74. The van der Waals surface area contributed by atoms with E-state index in [4.69, 9.17) is 0 Å². The fourth-order valence-corrected chi connectivity index (χ4v) is 2.57. The molecule has 0 aliphatic heterocycles. The molecule has 1 amide bonds. The minimum Gasteiger partial charge on any atom is -0.326 e. The van der Waals surface area contributed by atoms with Gasteiger partial charge < -0.3 is 5.32 Å². The van der Waals surface area contributed by atoms with Crippen LogP contribution in [0.2, 0.25) is 0 Å². The number of hydrogen-bond donors (Lipinski definition) is 2. The zero-order chi connectivity index (χ0) is 14.7. The van der Waals surface area contributed by atoms with E-state index in [0.29, 0.717) is 17.9 Å². The van der Waals surface area contributed by atoms with Crippen LogP contribution in [0.3, 0.4) is 0 Å². The van der Waals surface area contributed by atoms with Crippen LogP contribution in [-0.2, 0) is 11.2 Å². The van der Waals surface area contributed by atoms with Gasteiger partial charge in [-0.15, -0.1) is 0 Å². The van der Waals surface area contributed by atoms with Crippen LogP contribution in [0.5, 0.6) is 0 Å². The van der Waals surface area contributed by atoms with Crippen molar-refractivity contribution in [2.45, 2.75) is 6.42 Å². The van der Waals surface area contributed by atoms with Gasteiger partial charge in [0.2, 0.25) is 5.91 Å². The lowest BCUT2D eigenvalue weighted by atomic mass is 10.1. The van der Waals surface area contributed by atoms with Gasteiger partial charge in [0.05, 0.1) is 12.0 Å². The number of hydrogen-bond acceptors (Lipinski definition) is 4. The van der Waals surface area contributed by atoms with Crippen molar-refractivity contribution in [2.75, 3.05) is 5.32 Å². The number of benzene rings is 1. The van der Waals surface area contributed by atoms with Crippen molar-refractivity contribution in [1.29, 1.82) is 0 Å². The predicted molar refractivity (Wildman–Crippen MR) is 78.4 cm³/mol.